The third kappa shape index (κ3) is 5.86. The van der Waals surface area contributed by atoms with Crippen LogP contribution in [-0.4, -0.2) is 49.7 Å². The molecule has 1 aromatic heterocycles. The molecular weight excluding hydrogens is 541 g/mol. The molecule has 1 fully saturated rings. The summed E-state index contributed by atoms with van der Waals surface area (Å²) in [4.78, 5) is 12.9. The second-order valence-electron chi connectivity index (χ2n) is 9.79. The summed E-state index contributed by atoms with van der Waals surface area (Å²) < 4.78 is 57.3. The van der Waals surface area contributed by atoms with Gasteiger partial charge in [0.05, 0.1) is 5.56 Å². The molecule has 12 heteroatoms. The number of benzene rings is 3. The van der Waals surface area contributed by atoms with E-state index < -0.39 is 30.0 Å². The number of furan rings is 1. The molecule has 0 spiro atoms. The van der Waals surface area contributed by atoms with Gasteiger partial charge in [-0.2, -0.15) is 4.31 Å². The number of hydrogen-bond acceptors (Lipinski definition) is 5. The van der Waals surface area contributed by atoms with Crippen molar-refractivity contribution in [3.05, 3.63) is 88.5 Å². The Kier molecular flexibility index (Phi) is 8.15. The van der Waals surface area contributed by atoms with E-state index in [1.54, 1.807) is 12.1 Å². The molecule has 1 atom stereocenters. The maximum atomic E-state index is 14.2. The van der Waals surface area contributed by atoms with Crippen molar-refractivity contribution in [2.45, 2.75) is 31.7 Å². The number of fused-ring (bicyclic) bond motifs is 1. The standard InChI is InChI=1S/C28H27BF2N2O6S/c1-32-28(34)26-22-14-21(17-3-4-17)19(13-25(22)39-27(26)18-5-7-20(30)8-6-18)10-11-33(40(37)38)15-16-2-9-23(29(35)36)24(31)12-16/h2,5-9,12-14,17,35-36H,3-4,10-11,15H2,1H3,(H,32,34)(H,37,38). The first-order valence-corrected chi connectivity index (χ1v) is 13.8. The van der Waals surface area contributed by atoms with Crippen LogP contribution in [0, 0.1) is 11.6 Å². The van der Waals surface area contributed by atoms with Gasteiger partial charge in [0.15, 0.2) is 0 Å². The molecule has 1 saturated carbocycles. The van der Waals surface area contributed by atoms with Gasteiger partial charge in [0.2, 0.25) is 11.3 Å². The van der Waals surface area contributed by atoms with Crippen LogP contribution in [0.15, 0.2) is 59.0 Å². The predicted octanol–water partition coefficient (Wildman–Crippen LogP) is 3.48. The first-order valence-electron chi connectivity index (χ1n) is 12.7. The largest absolute Gasteiger partial charge is 0.491 e. The van der Waals surface area contributed by atoms with E-state index in [0.29, 0.717) is 45.8 Å². The lowest BCUT2D eigenvalue weighted by atomic mass is 9.79. The van der Waals surface area contributed by atoms with Gasteiger partial charge in [0.1, 0.15) is 23.0 Å². The zero-order valence-electron chi connectivity index (χ0n) is 21.6. The molecule has 4 N–H and O–H groups in total. The number of hydrogen-bond donors (Lipinski definition) is 4. The molecule has 40 heavy (non-hydrogen) atoms. The van der Waals surface area contributed by atoms with Crippen molar-refractivity contribution in [3.63, 3.8) is 0 Å². The predicted molar refractivity (Wildman–Crippen MR) is 148 cm³/mol. The molecular formula is C28H27BF2N2O6S. The molecule has 1 aliphatic carbocycles. The molecule has 1 heterocycles. The van der Waals surface area contributed by atoms with Gasteiger partial charge in [-0.1, -0.05) is 12.1 Å². The Balaban J connectivity index is 1.47. The summed E-state index contributed by atoms with van der Waals surface area (Å²) in [5.41, 5.74) is 3.42. The molecule has 8 nitrogen and oxygen atoms in total. The number of nitrogens with zero attached hydrogens (tertiary/aromatic N) is 1. The summed E-state index contributed by atoms with van der Waals surface area (Å²) in [6.07, 6.45) is 2.34. The minimum atomic E-state index is -2.36. The number of carbonyl (C=O) groups is 1. The summed E-state index contributed by atoms with van der Waals surface area (Å²) in [6, 6.07) is 13.3. The van der Waals surface area contributed by atoms with Gasteiger partial charge >= 0.3 is 7.12 Å². The van der Waals surface area contributed by atoms with Gasteiger partial charge in [-0.3, -0.25) is 9.35 Å². The Morgan fingerprint density at radius 2 is 1.85 bits per heavy atom. The van der Waals surface area contributed by atoms with Crippen molar-refractivity contribution < 1.29 is 36.8 Å². The van der Waals surface area contributed by atoms with Gasteiger partial charge < -0.3 is 19.8 Å². The zero-order chi connectivity index (χ0) is 28.6. The maximum Gasteiger partial charge on any atom is 0.491 e. The average Bonchev–Trinajstić information content (AvgIpc) is 3.70. The SMILES string of the molecule is CNC(=O)c1c(-c2ccc(F)cc2)oc2cc(CCN(Cc3ccc(B(O)O)c(F)c3)S(=O)O)c(C3CC3)cc12. The third-order valence-corrected chi connectivity index (χ3v) is 7.83. The summed E-state index contributed by atoms with van der Waals surface area (Å²) in [7, 11) is -0.428. The number of rotatable bonds is 10. The Bertz CT molecular complexity index is 1590. The first kappa shape index (κ1) is 28.1. The summed E-state index contributed by atoms with van der Waals surface area (Å²) in [5.74, 6) is -0.943. The molecule has 0 bridgehead atoms. The molecule has 3 aromatic carbocycles. The van der Waals surface area contributed by atoms with Gasteiger partial charge in [0, 0.05) is 36.5 Å². The summed E-state index contributed by atoms with van der Waals surface area (Å²) in [5, 5.41) is 21.8. The van der Waals surface area contributed by atoms with Crippen molar-refractivity contribution in [3.8, 4) is 11.3 Å². The quantitative estimate of drug-likeness (QED) is 0.172. The van der Waals surface area contributed by atoms with E-state index in [1.807, 2.05) is 12.1 Å². The van der Waals surface area contributed by atoms with Crippen molar-refractivity contribution in [1.82, 2.24) is 9.62 Å². The van der Waals surface area contributed by atoms with Crippen LogP contribution in [0.5, 0.6) is 0 Å². The maximum absolute atomic E-state index is 14.2. The van der Waals surface area contributed by atoms with Crippen LogP contribution in [0.4, 0.5) is 8.78 Å². The van der Waals surface area contributed by atoms with Gasteiger partial charge in [0.25, 0.3) is 5.91 Å². The molecule has 0 radical (unpaired) electrons. The normalized spacial score (nSPS) is 14.1. The lowest BCUT2D eigenvalue weighted by Gasteiger charge is -2.19. The molecule has 208 valence electrons. The lowest BCUT2D eigenvalue weighted by Crippen LogP contribution is -2.33. The minimum absolute atomic E-state index is 0.0425. The summed E-state index contributed by atoms with van der Waals surface area (Å²) >= 11 is -2.36. The zero-order valence-corrected chi connectivity index (χ0v) is 22.4. The molecule has 1 aliphatic rings. The van der Waals surface area contributed by atoms with Crippen LogP contribution in [0.1, 0.15) is 45.8 Å². The second-order valence-corrected chi connectivity index (χ2v) is 10.8. The fraction of sp³-hybridized carbons (Fsp3) is 0.250. The first-order chi connectivity index (χ1) is 19.2. The molecule has 4 aromatic rings. The fourth-order valence-electron chi connectivity index (χ4n) is 4.89. The Morgan fingerprint density at radius 3 is 2.45 bits per heavy atom. The van der Waals surface area contributed by atoms with Gasteiger partial charge in [-0.05, 0) is 84.3 Å². The van der Waals surface area contributed by atoms with Crippen LogP contribution < -0.4 is 10.8 Å². The van der Waals surface area contributed by atoms with Crippen molar-refractivity contribution in [2.24, 2.45) is 0 Å². The lowest BCUT2D eigenvalue weighted by molar-refractivity contribution is 0.0964. The molecule has 0 aliphatic heterocycles. The number of halogens is 2. The van der Waals surface area contributed by atoms with Crippen LogP contribution in [0.2, 0.25) is 0 Å². The van der Waals surface area contributed by atoms with E-state index in [9.17, 15) is 32.4 Å². The number of nitrogens with one attached hydrogen (secondary N) is 1. The van der Waals surface area contributed by atoms with Crippen LogP contribution in [0.25, 0.3) is 22.3 Å². The summed E-state index contributed by atoms with van der Waals surface area (Å²) in [6.45, 7) is 0.118. The number of carbonyl (C=O) groups excluding carboxylic acids is 1. The highest BCUT2D eigenvalue weighted by atomic mass is 32.2. The fourth-order valence-corrected chi connectivity index (χ4v) is 5.39. The van der Waals surface area contributed by atoms with Crippen LogP contribution in [-0.2, 0) is 24.2 Å². The van der Waals surface area contributed by atoms with Crippen LogP contribution >= 0.6 is 0 Å². The highest BCUT2D eigenvalue weighted by Gasteiger charge is 2.30. The van der Waals surface area contributed by atoms with Crippen LogP contribution in [0.3, 0.4) is 0 Å². The van der Waals surface area contributed by atoms with Crippen molar-refractivity contribution in [2.75, 3.05) is 13.6 Å². The molecule has 1 unspecified atom stereocenters. The van der Waals surface area contributed by atoms with E-state index >= 15 is 0 Å². The van der Waals surface area contributed by atoms with Crippen molar-refractivity contribution >= 4 is 40.7 Å². The third-order valence-electron chi connectivity index (χ3n) is 7.08. The van der Waals surface area contributed by atoms with E-state index in [1.165, 1.54) is 35.6 Å². The van der Waals surface area contributed by atoms with E-state index in [0.717, 1.165) is 30.0 Å². The Morgan fingerprint density at radius 1 is 1.12 bits per heavy atom. The van der Waals surface area contributed by atoms with E-state index in [4.69, 9.17) is 4.42 Å². The number of amides is 1. The topological polar surface area (TPSA) is 123 Å². The molecule has 0 saturated heterocycles. The second kappa shape index (κ2) is 11.6. The highest BCUT2D eigenvalue weighted by Crippen LogP contribution is 2.45. The molecule has 5 rings (SSSR count). The monoisotopic (exact) mass is 568 g/mol. The Hall–Kier alpha value is -3.42. The van der Waals surface area contributed by atoms with E-state index in [-0.39, 0.29) is 24.5 Å². The Labute approximate surface area is 232 Å². The molecule has 1 amide bonds. The van der Waals surface area contributed by atoms with Gasteiger partial charge in [-0.25, -0.2) is 13.0 Å². The minimum Gasteiger partial charge on any atom is -0.455 e. The van der Waals surface area contributed by atoms with Crippen molar-refractivity contribution in [1.29, 1.82) is 0 Å². The highest BCUT2D eigenvalue weighted by molar-refractivity contribution is 7.76. The smallest absolute Gasteiger partial charge is 0.455 e. The van der Waals surface area contributed by atoms with Gasteiger partial charge in [-0.15, -0.1) is 0 Å². The average molecular weight is 568 g/mol. The van der Waals surface area contributed by atoms with E-state index in [2.05, 4.69) is 5.32 Å².